The molecule has 1 aromatic carbocycles. The Morgan fingerprint density at radius 2 is 1.89 bits per heavy atom. The summed E-state index contributed by atoms with van der Waals surface area (Å²) in [6, 6.07) is 7.73. The van der Waals surface area contributed by atoms with Crippen LogP contribution < -0.4 is 0 Å². The van der Waals surface area contributed by atoms with E-state index in [4.69, 9.17) is 11.6 Å². The molecule has 1 aromatic heterocycles. The van der Waals surface area contributed by atoms with Crippen molar-refractivity contribution in [2.75, 3.05) is 0 Å². The third-order valence-corrected chi connectivity index (χ3v) is 4.51. The first-order chi connectivity index (χ1) is 8.60. The van der Waals surface area contributed by atoms with Crippen molar-refractivity contribution in [3.8, 4) is 11.4 Å². The van der Waals surface area contributed by atoms with Crippen LogP contribution in [0.25, 0.3) is 11.4 Å². The van der Waals surface area contributed by atoms with Gasteiger partial charge in [0.05, 0.1) is 0 Å². The lowest BCUT2D eigenvalue weighted by molar-refractivity contribution is 0.875. The van der Waals surface area contributed by atoms with E-state index in [0.29, 0.717) is 11.0 Å². The van der Waals surface area contributed by atoms with E-state index in [1.165, 1.54) is 0 Å². The lowest BCUT2D eigenvalue weighted by atomic mass is 10.2. The fourth-order valence-corrected chi connectivity index (χ4v) is 2.44. The minimum atomic E-state index is 0.488. The van der Waals surface area contributed by atoms with Gasteiger partial charge in [-0.2, -0.15) is 0 Å². The topological polar surface area (TPSA) is 25.8 Å². The van der Waals surface area contributed by atoms with Crippen molar-refractivity contribution >= 4 is 43.5 Å². The predicted octanol–water partition coefficient (Wildman–Crippen LogP) is 5.27. The molecule has 0 N–H and O–H groups in total. The number of rotatable bonds is 3. The summed E-state index contributed by atoms with van der Waals surface area (Å²) in [6.45, 7) is 2.12. The highest BCUT2D eigenvalue weighted by molar-refractivity contribution is 9.13. The van der Waals surface area contributed by atoms with Gasteiger partial charge in [-0.25, -0.2) is 9.97 Å². The Morgan fingerprint density at radius 3 is 2.56 bits per heavy atom. The summed E-state index contributed by atoms with van der Waals surface area (Å²) in [5.74, 6) is 0.666. The van der Waals surface area contributed by atoms with Crippen LogP contribution in [0.5, 0.6) is 0 Å². The first-order valence-corrected chi connectivity index (χ1v) is 7.55. The van der Waals surface area contributed by atoms with Crippen LogP contribution >= 0.6 is 43.5 Å². The first-order valence-electron chi connectivity index (χ1n) is 5.59. The molecule has 0 fully saturated rings. The molecular weight excluding hydrogens is 379 g/mol. The van der Waals surface area contributed by atoms with E-state index in [1.54, 1.807) is 0 Å². The van der Waals surface area contributed by atoms with E-state index >= 15 is 0 Å². The van der Waals surface area contributed by atoms with Crippen LogP contribution in [0.15, 0.2) is 33.2 Å². The van der Waals surface area contributed by atoms with E-state index in [0.717, 1.165) is 33.0 Å². The number of hydrogen-bond acceptors (Lipinski definition) is 2. The molecule has 0 saturated heterocycles. The van der Waals surface area contributed by atoms with Gasteiger partial charge in [0.1, 0.15) is 5.15 Å². The van der Waals surface area contributed by atoms with E-state index in [9.17, 15) is 0 Å². The van der Waals surface area contributed by atoms with E-state index < -0.39 is 0 Å². The van der Waals surface area contributed by atoms with Crippen molar-refractivity contribution in [1.29, 1.82) is 0 Å². The lowest BCUT2D eigenvalue weighted by Gasteiger charge is -2.05. The summed E-state index contributed by atoms with van der Waals surface area (Å²) in [7, 11) is 0. The van der Waals surface area contributed by atoms with Gasteiger partial charge in [0.2, 0.25) is 0 Å². The Bertz CT molecular complexity index is 573. The average molecular weight is 391 g/mol. The van der Waals surface area contributed by atoms with Crippen molar-refractivity contribution in [1.82, 2.24) is 9.97 Å². The standard InChI is InChI=1S/C13H11Br2ClN2/c1-2-3-9-7-12(16)18-13(17-9)8-4-5-10(14)11(15)6-8/h4-7H,2-3H2,1H3. The molecule has 0 aliphatic heterocycles. The lowest BCUT2D eigenvalue weighted by Crippen LogP contribution is -1.96. The second kappa shape index (κ2) is 6.13. The van der Waals surface area contributed by atoms with Gasteiger partial charge < -0.3 is 0 Å². The zero-order valence-corrected chi connectivity index (χ0v) is 13.7. The summed E-state index contributed by atoms with van der Waals surface area (Å²) in [5.41, 5.74) is 1.93. The van der Waals surface area contributed by atoms with Crippen LogP contribution in [-0.2, 0) is 6.42 Å². The number of aryl methyl sites for hydroxylation is 1. The fraction of sp³-hybridized carbons (Fsp3) is 0.231. The van der Waals surface area contributed by atoms with Gasteiger partial charge in [-0.15, -0.1) is 0 Å². The van der Waals surface area contributed by atoms with Crippen molar-refractivity contribution in [3.05, 3.63) is 44.1 Å². The molecule has 2 aromatic rings. The molecule has 0 radical (unpaired) electrons. The Kier molecular flexibility index (Phi) is 4.76. The van der Waals surface area contributed by atoms with Crippen LogP contribution in [0.3, 0.4) is 0 Å². The Balaban J connectivity index is 2.46. The minimum absolute atomic E-state index is 0.488. The molecule has 5 heteroatoms. The highest BCUT2D eigenvalue weighted by atomic mass is 79.9. The third kappa shape index (κ3) is 3.31. The molecule has 18 heavy (non-hydrogen) atoms. The maximum absolute atomic E-state index is 6.03. The van der Waals surface area contributed by atoms with E-state index in [-0.39, 0.29) is 0 Å². The largest absolute Gasteiger partial charge is 0.233 e. The Hall–Kier alpha value is -0.450. The molecular formula is C13H11Br2ClN2. The quantitative estimate of drug-likeness (QED) is 0.667. The number of halogens is 3. The first kappa shape index (κ1) is 14.0. The summed E-state index contributed by atoms with van der Waals surface area (Å²) in [5, 5.41) is 0.488. The van der Waals surface area contributed by atoms with Crippen LogP contribution in [0.1, 0.15) is 19.0 Å². The molecule has 0 bridgehead atoms. The maximum atomic E-state index is 6.03. The van der Waals surface area contributed by atoms with Gasteiger partial charge in [-0.3, -0.25) is 0 Å². The third-order valence-electron chi connectivity index (χ3n) is 2.43. The van der Waals surface area contributed by atoms with Gasteiger partial charge in [0.15, 0.2) is 5.82 Å². The van der Waals surface area contributed by atoms with Crippen LogP contribution in [0.2, 0.25) is 5.15 Å². The molecule has 0 saturated carbocycles. The van der Waals surface area contributed by atoms with Gasteiger partial charge >= 0.3 is 0 Å². The van der Waals surface area contributed by atoms with E-state index in [2.05, 4.69) is 48.8 Å². The molecule has 0 atom stereocenters. The van der Waals surface area contributed by atoms with Crippen LogP contribution in [0, 0.1) is 0 Å². The molecule has 2 nitrogen and oxygen atoms in total. The van der Waals surface area contributed by atoms with Crippen LogP contribution in [0.4, 0.5) is 0 Å². The summed E-state index contributed by atoms with van der Waals surface area (Å²) >= 11 is 13.0. The fourth-order valence-electron chi connectivity index (χ4n) is 1.61. The van der Waals surface area contributed by atoms with Gasteiger partial charge in [-0.05, 0) is 62.5 Å². The van der Waals surface area contributed by atoms with Crippen molar-refractivity contribution in [3.63, 3.8) is 0 Å². The van der Waals surface area contributed by atoms with Gasteiger partial charge in [0, 0.05) is 20.2 Å². The monoisotopic (exact) mass is 388 g/mol. The van der Waals surface area contributed by atoms with Gasteiger partial charge in [-0.1, -0.05) is 24.9 Å². The average Bonchev–Trinajstić information content (AvgIpc) is 2.32. The minimum Gasteiger partial charge on any atom is -0.233 e. The molecule has 0 aliphatic rings. The molecule has 0 aliphatic carbocycles. The highest BCUT2D eigenvalue weighted by Crippen LogP contribution is 2.28. The van der Waals surface area contributed by atoms with Crippen molar-refractivity contribution in [2.45, 2.75) is 19.8 Å². The number of aromatic nitrogens is 2. The second-order valence-electron chi connectivity index (χ2n) is 3.88. The maximum Gasteiger partial charge on any atom is 0.161 e. The summed E-state index contributed by atoms with van der Waals surface area (Å²) in [4.78, 5) is 8.81. The molecule has 0 amide bonds. The second-order valence-corrected chi connectivity index (χ2v) is 5.98. The zero-order valence-electron chi connectivity index (χ0n) is 9.75. The summed E-state index contributed by atoms with van der Waals surface area (Å²) in [6.07, 6.45) is 1.95. The normalized spacial score (nSPS) is 10.7. The number of nitrogens with zero attached hydrogens (tertiary/aromatic N) is 2. The van der Waals surface area contributed by atoms with Crippen molar-refractivity contribution in [2.24, 2.45) is 0 Å². The smallest absolute Gasteiger partial charge is 0.161 e. The Labute approximate surface area is 128 Å². The molecule has 2 rings (SSSR count). The SMILES string of the molecule is CCCc1cc(Cl)nc(-c2ccc(Br)c(Br)c2)n1. The molecule has 0 unspecified atom stereocenters. The number of benzene rings is 1. The summed E-state index contributed by atoms with van der Waals surface area (Å²) < 4.78 is 1.97. The zero-order chi connectivity index (χ0) is 13.1. The van der Waals surface area contributed by atoms with E-state index in [1.807, 2.05) is 24.3 Å². The van der Waals surface area contributed by atoms with Gasteiger partial charge in [0.25, 0.3) is 0 Å². The molecule has 1 heterocycles. The van der Waals surface area contributed by atoms with Crippen LogP contribution in [-0.4, -0.2) is 9.97 Å². The van der Waals surface area contributed by atoms with Crippen molar-refractivity contribution < 1.29 is 0 Å². The Morgan fingerprint density at radius 1 is 1.11 bits per heavy atom. The highest BCUT2D eigenvalue weighted by Gasteiger charge is 2.07. The molecule has 94 valence electrons. The molecule has 0 spiro atoms. The number of hydrogen-bond donors (Lipinski definition) is 0. The predicted molar refractivity (Wildman–Crippen MR) is 81.9 cm³/mol.